The van der Waals surface area contributed by atoms with E-state index >= 15 is 0 Å². The Morgan fingerprint density at radius 3 is 2.56 bits per heavy atom. The van der Waals surface area contributed by atoms with Crippen molar-refractivity contribution in [3.05, 3.63) is 72.1 Å². The molecule has 0 spiro atoms. The number of hydrogen-bond donors (Lipinski definition) is 4. The second kappa shape index (κ2) is 11.4. The number of pyridine rings is 2. The van der Waals surface area contributed by atoms with Crippen LogP contribution in [0.1, 0.15) is 15.9 Å². The Kier molecular flexibility index (Phi) is 8.10. The Hall–Kier alpha value is -3.98. The van der Waals surface area contributed by atoms with Crippen molar-refractivity contribution < 1.29 is 14.3 Å². The van der Waals surface area contributed by atoms with Gasteiger partial charge in [-0.2, -0.15) is 0 Å². The van der Waals surface area contributed by atoms with Gasteiger partial charge in [0.25, 0.3) is 5.91 Å². The Bertz CT molecular complexity index is 1040. The summed E-state index contributed by atoms with van der Waals surface area (Å²) in [7, 11) is 3.19. The molecule has 0 atom stereocenters. The lowest BCUT2D eigenvalue weighted by atomic mass is 10.1. The smallest absolute Gasteiger partial charge is 0.319 e. The molecule has 2 aromatic heterocycles. The summed E-state index contributed by atoms with van der Waals surface area (Å²) in [4.78, 5) is 32.9. The standard InChI is InChI=1S/C23H26N6O3/c1-24-22(30)19-9-10-20(29-21(19)26-12-13-32-2)17-5-7-18(8-6-17)28-23(31)27-15-16-4-3-11-25-14-16/h3-11,14H,12-13,15H2,1-2H3,(H,24,30)(H,26,29)(H2,27,28,31). The van der Waals surface area contributed by atoms with Gasteiger partial charge in [-0.25, -0.2) is 9.78 Å². The molecule has 0 unspecified atom stereocenters. The zero-order chi connectivity index (χ0) is 22.8. The number of carbonyl (C=O) groups excluding carboxylic acids is 2. The van der Waals surface area contributed by atoms with E-state index in [0.29, 0.717) is 42.5 Å². The zero-order valence-corrected chi connectivity index (χ0v) is 18.0. The molecule has 0 fully saturated rings. The van der Waals surface area contributed by atoms with Crippen LogP contribution in [0.4, 0.5) is 16.3 Å². The Morgan fingerprint density at radius 2 is 1.88 bits per heavy atom. The predicted octanol–water partition coefficient (Wildman–Crippen LogP) is 2.88. The number of aromatic nitrogens is 2. The van der Waals surface area contributed by atoms with Crippen LogP contribution >= 0.6 is 0 Å². The van der Waals surface area contributed by atoms with E-state index in [4.69, 9.17) is 4.74 Å². The number of carbonyl (C=O) groups is 2. The van der Waals surface area contributed by atoms with Crippen molar-refractivity contribution in [1.29, 1.82) is 0 Å². The fourth-order valence-electron chi connectivity index (χ4n) is 2.93. The van der Waals surface area contributed by atoms with Gasteiger partial charge >= 0.3 is 6.03 Å². The maximum absolute atomic E-state index is 12.1. The van der Waals surface area contributed by atoms with Crippen molar-refractivity contribution >= 4 is 23.4 Å². The molecular weight excluding hydrogens is 408 g/mol. The first-order chi connectivity index (χ1) is 15.6. The van der Waals surface area contributed by atoms with E-state index in [1.807, 2.05) is 24.3 Å². The zero-order valence-electron chi connectivity index (χ0n) is 18.0. The fourth-order valence-corrected chi connectivity index (χ4v) is 2.93. The van der Waals surface area contributed by atoms with Gasteiger partial charge in [-0.1, -0.05) is 18.2 Å². The Morgan fingerprint density at radius 1 is 1.06 bits per heavy atom. The van der Waals surface area contributed by atoms with E-state index in [2.05, 4.69) is 31.2 Å². The normalized spacial score (nSPS) is 10.3. The van der Waals surface area contributed by atoms with E-state index < -0.39 is 0 Å². The highest BCUT2D eigenvalue weighted by Gasteiger charge is 2.13. The van der Waals surface area contributed by atoms with Crippen LogP contribution in [-0.2, 0) is 11.3 Å². The average molecular weight is 435 g/mol. The average Bonchev–Trinajstić information content (AvgIpc) is 2.83. The molecule has 3 aromatic rings. The monoisotopic (exact) mass is 434 g/mol. The number of anilines is 2. The van der Waals surface area contributed by atoms with Crippen LogP contribution in [0.3, 0.4) is 0 Å². The van der Waals surface area contributed by atoms with Gasteiger partial charge in [0.15, 0.2) is 0 Å². The number of nitrogens with one attached hydrogen (secondary N) is 4. The van der Waals surface area contributed by atoms with Gasteiger partial charge in [0.1, 0.15) is 5.82 Å². The van der Waals surface area contributed by atoms with Crippen molar-refractivity contribution in [1.82, 2.24) is 20.6 Å². The number of urea groups is 1. The van der Waals surface area contributed by atoms with Gasteiger partial charge in [0, 0.05) is 50.9 Å². The molecule has 3 amide bonds. The number of methoxy groups -OCH3 is 1. The lowest BCUT2D eigenvalue weighted by molar-refractivity contribution is 0.0963. The first-order valence-corrected chi connectivity index (χ1v) is 10.1. The first kappa shape index (κ1) is 22.7. The fraction of sp³-hybridized carbons (Fsp3) is 0.217. The molecule has 3 rings (SSSR count). The van der Waals surface area contributed by atoms with Gasteiger partial charge in [-0.15, -0.1) is 0 Å². The van der Waals surface area contributed by atoms with E-state index in [0.717, 1.165) is 11.1 Å². The maximum atomic E-state index is 12.1. The largest absolute Gasteiger partial charge is 0.383 e. The summed E-state index contributed by atoms with van der Waals surface area (Å²) in [5.41, 5.74) is 3.57. The van der Waals surface area contributed by atoms with Crippen LogP contribution in [0.15, 0.2) is 60.9 Å². The van der Waals surface area contributed by atoms with Gasteiger partial charge in [0.2, 0.25) is 0 Å². The highest BCUT2D eigenvalue weighted by Crippen LogP contribution is 2.23. The number of rotatable bonds is 9. The summed E-state index contributed by atoms with van der Waals surface area (Å²) in [6.07, 6.45) is 3.39. The lowest BCUT2D eigenvalue weighted by Crippen LogP contribution is -2.28. The minimum atomic E-state index is -0.306. The molecule has 32 heavy (non-hydrogen) atoms. The molecule has 0 bridgehead atoms. The minimum Gasteiger partial charge on any atom is -0.383 e. The Labute approximate surface area is 186 Å². The number of nitrogens with zero attached hydrogens (tertiary/aromatic N) is 2. The first-order valence-electron chi connectivity index (χ1n) is 10.1. The molecule has 0 saturated carbocycles. The third-order valence-corrected chi connectivity index (χ3v) is 4.58. The SMILES string of the molecule is CNC(=O)c1ccc(-c2ccc(NC(=O)NCc3cccnc3)cc2)nc1NCCOC. The summed E-state index contributed by atoms with van der Waals surface area (Å²) >= 11 is 0. The predicted molar refractivity (Wildman–Crippen MR) is 124 cm³/mol. The van der Waals surface area contributed by atoms with Crippen LogP contribution in [0.5, 0.6) is 0 Å². The molecule has 9 heteroatoms. The molecule has 0 aliphatic heterocycles. The van der Waals surface area contributed by atoms with Crippen LogP contribution in [0.25, 0.3) is 11.3 Å². The molecule has 1 aromatic carbocycles. The van der Waals surface area contributed by atoms with Gasteiger partial charge in [-0.3, -0.25) is 9.78 Å². The number of benzene rings is 1. The topological polar surface area (TPSA) is 117 Å². The van der Waals surface area contributed by atoms with Crippen LogP contribution in [0.2, 0.25) is 0 Å². The van der Waals surface area contributed by atoms with Crippen molar-refractivity contribution in [3.8, 4) is 11.3 Å². The molecule has 4 N–H and O–H groups in total. The van der Waals surface area contributed by atoms with Crippen LogP contribution in [0, 0.1) is 0 Å². The lowest BCUT2D eigenvalue weighted by Gasteiger charge is -2.12. The highest BCUT2D eigenvalue weighted by atomic mass is 16.5. The van der Waals surface area contributed by atoms with Gasteiger partial charge < -0.3 is 26.0 Å². The molecule has 0 saturated heterocycles. The summed E-state index contributed by atoms with van der Waals surface area (Å²) < 4.78 is 5.06. The maximum Gasteiger partial charge on any atom is 0.319 e. The van der Waals surface area contributed by atoms with E-state index in [1.165, 1.54) is 0 Å². The van der Waals surface area contributed by atoms with E-state index in [9.17, 15) is 9.59 Å². The second-order valence-corrected chi connectivity index (χ2v) is 6.84. The second-order valence-electron chi connectivity index (χ2n) is 6.84. The summed E-state index contributed by atoms with van der Waals surface area (Å²) in [5, 5.41) is 11.3. The quantitative estimate of drug-likeness (QED) is 0.385. The van der Waals surface area contributed by atoms with Crippen molar-refractivity contribution in [3.63, 3.8) is 0 Å². The number of ether oxygens (including phenoxy) is 1. The van der Waals surface area contributed by atoms with Gasteiger partial charge in [-0.05, 0) is 35.9 Å². The number of hydrogen-bond acceptors (Lipinski definition) is 6. The molecule has 166 valence electrons. The van der Waals surface area contributed by atoms with Crippen molar-refractivity contribution in [2.45, 2.75) is 6.54 Å². The molecule has 0 aliphatic carbocycles. The molecule has 9 nitrogen and oxygen atoms in total. The summed E-state index contributed by atoms with van der Waals surface area (Å²) in [6, 6.07) is 14.2. The third kappa shape index (κ3) is 6.26. The Balaban J connectivity index is 1.67. The van der Waals surface area contributed by atoms with Crippen LogP contribution < -0.4 is 21.3 Å². The summed E-state index contributed by atoms with van der Waals surface area (Å²) in [6.45, 7) is 1.40. The van der Waals surface area contributed by atoms with E-state index in [1.54, 1.807) is 50.8 Å². The van der Waals surface area contributed by atoms with Crippen molar-refractivity contribution in [2.75, 3.05) is 37.9 Å². The van der Waals surface area contributed by atoms with Crippen molar-refractivity contribution in [2.24, 2.45) is 0 Å². The molecular formula is C23H26N6O3. The molecule has 0 aliphatic rings. The molecule has 0 radical (unpaired) electrons. The van der Waals surface area contributed by atoms with Gasteiger partial charge in [0.05, 0.1) is 17.9 Å². The van der Waals surface area contributed by atoms with Crippen LogP contribution in [-0.4, -0.2) is 49.2 Å². The minimum absolute atomic E-state index is 0.221. The third-order valence-electron chi connectivity index (χ3n) is 4.58. The van der Waals surface area contributed by atoms with E-state index in [-0.39, 0.29) is 11.9 Å². The number of amides is 3. The summed E-state index contributed by atoms with van der Waals surface area (Å²) in [5.74, 6) is 0.261. The highest BCUT2D eigenvalue weighted by molar-refractivity contribution is 5.99. The molecule has 2 heterocycles.